The van der Waals surface area contributed by atoms with E-state index < -0.39 is 0 Å². The zero-order valence-corrected chi connectivity index (χ0v) is 12.4. The molecule has 21 heavy (non-hydrogen) atoms. The summed E-state index contributed by atoms with van der Waals surface area (Å²) in [6, 6.07) is 9.57. The van der Waals surface area contributed by atoms with Gasteiger partial charge >= 0.3 is 0 Å². The second-order valence-corrected chi connectivity index (χ2v) is 5.10. The maximum atomic E-state index is 5.72. The summed E-state index contributed by atoms with van der Waals surface area (Å²) < 4.78 is 11.1. The summed E-state index contributed by atoms with van der Waals surface area (Å²) >= 11 is 1.65. The predicted molar refractivity (Wildman–Crippen MR) is 81.3 cm³/mol. The summed E-state index contributed by atoms with van der Waals surface area (Å²) in [7, 11) is 1.63. The molecule has 5 nitrogen and oxygen atoms in total. The highest BCUT2D eigenvalue weighted by atomic mass is 32.2. The van der Waals surface area contributed by atoms with E-state index in [9.17, 15) is 0 Å². The molecule has 0 aliphatic carbocycles. The van der Waals surface area contributed by atoms with Gasteiger partial charge < -0.3 is 9.15 Å². The fourth-order valence-electron chi connectivity index (χ4n) is 1.91. The largest absolute Gasteiger partial charge is 0.496 e. The highest BCUT2D eigenvalue weighted by molar-refractivity contribution is 7.98. The summed E-state index contributed by atoms with van der Waals surface area (Å²) in [6.45, 7) is 0. The molecule has 0 saturated carbocycles. The van der Waals surface area contributed by atoms with Crippen molar-refractivity contribution in [3.63, 3.8) is 0 Å². The normalized spacial score (nSPS) is 10.6. The van der Waals surface area contributed by atoms with Gasteiger partial charge in [-0.2, -0.15) is 0 Å². The minimum absolute atomic E-state index is 0.429. The van der Waals surface area contributed by atoms with Crippen molar-refractivity contribution in [3.05, 3.63) is 42.7 Å². The summed E-state index contributed by atoms with van der Waals surface area (Å²) in [4.78, 5) is 5.16. The van der Waals surface area contributed by atoms with Crippen LogP contribution in [0.4, 0.5) is 0 Å². The van der Waals surface area contributed by atoms with Gasteiger partial charge in [0.15, 0.2) is 0 Å². The second kappa shape index (κ2) is 5.97. The van der Waals surface area contributed by atoms with Gasteiger partial charge in [-0.15, -0.1) is 22.0 Å². The van der Waals surface area contributed by atoms with Crippen LogP contribution in [0.5, 0.6) is 5.75 Å². The Balaban J connectivity index is 2.00. The van der Waals surface area contributed by atoms with Gasteiger partial charge in [-0.25, -0.2) is 0 Å². The molecule has 0 amide bonds. The molecule has 1 aromatic carbocycles. The zero-order valence-electron chi connectivity index (χ0n) is 11.6. The Bertz CT molecular complexity index is 744. The highest BCUT2D eigenvalue weighted by Gasteiger charge is 2.15. The number of benzene rings is 1. The summed E-state index contributed by atoms with van der Waals surface area (Å²) in [5.41, 5.74) is 1.56. The Labute approximate surface area is 126 Å². The van der Waals surface area contributed by atoms with Gasteiger partial charge in [0, 0.05) is 17.3 Å². The maximum absolute atomic E-state index is 5.72. The van der Waals surface area contributed by atoms with Gasteiger partial charge in [0.25, 0.3) is 5.89 Å². The third-order valence-corrected chi connectivity index (χ3v) is 3.70. The van der Waals surface area contributed by atoms with Crippen molar-refractivity contribution < 1.29 is 9.15 Å². The lowest BCUT2D eigenvalue weighted by Crippen LogP contribution is -1.88. The molecule has 0 spiro atoms. The molecule has 106 valence electrons. The molecule has 0 atom stereocenters. The third-order valence-electron chi connectivity index (χ3n) is 2.97. The summed E-state index contributed by atoms with van der Waals surface area (Å²) in [5, 5.41) is 8.16. The Morgan fingerprint density at radius 3 is 2.71 bits per heavy atom. The molecule has 0 unspecified atom stereocenters. The molecule has 0 saturated heterocycles. The van der Waals surface area contributed by atoms with Crippen LogP contribution in [-0.4, -0.2) is 28.5 Å². The van der Waals surface area contributed by atoms with E-state index in [4.69, 9.17) is 9.15 Å². The van der Waals surface area contributed by atoms with Crippen molar-refractivity contribution in [2.75, 3.05) is 13.4 Å². The van der Waals surface area contributed by atoms with Crippen molar-refractivity contribution in [2.45, 2.75) is 4.90 Å². The highest BCUT2D eigenvalue weighted by Crippen LogP contribution is 2.33. The quantitative estimate of drug-likeness (QED) is 0.687. The number of aromatic nitrogens is 3. The number of nitrogens with zero attached hydrogens (tertiary/aromatic N) is 3. The van der Waals surface area contributed by atoms with E-state index in [1.807, 2.05) is 36.6 Å². The molecular weight excluding hydrogens is 286 g/mol. The molecule has 0 fully saturated rings. The molecule has 2 aromatic heterocycles. The minimum Gasteiger partial charge on any atom is -0.496 e. The van der Waals surface area contributed by atoms with Crippen LogP contribution < -0.4 is 4.74 Å². The molecular formula is C15H13N3O2S. The lowest BCUT2D eigenvalue weighted by atomic mass is 10.2. The summed E-state index contributed by atoms with van der Waals surface area (Å²) in [6.07, 6.45) is 5.40. The van der Waals surface area contributed by atoms with Crippen molar-refractivity contribution in [3.8, 4) is 28.7 Å². The van der Waals surface area contributed by atoms with E-state index in [0.29, 0.717) is 17.5 Å². The minimum atomic E-state index is 0.429. The lowest BCUT2D eigenvalue weighted by molar-refractivity contribution is 0.413. The first-order valence-electron chi connectivity index (χ1n) is 6.28. The topological polar surface area (TPSA) is 61.0 Å². The van der Waals surface area contributed by atoms with Gasteiger partial charge in [-0.3, -0.25) is 4.98 Å². The van der Waals surface area contributed by atoms with Crippen LogP contribution in [-0.2, 0) is 0 Å². The van der Waals surface area contributed by atoms with Gasteiger partial charge in [0.05, 0.1) is 18.2 Å². The van der Waals surface area contributed by atoms with Crippen LogP contribution in [0.1, 0.15) is 0 Å². The fraction of sp³-hybridized carbons (Fsp3) is 0.133. The fourth-order valence-corrected chi connectivity index (χ4v) is 2.34. The maximum Gasteiger partial charge on any atom is 0.251 e. The first-order chi connectivity index (χ1) is 10.3. The third kappa shape index (κ3) is 2.75. The summed E-state index contributed by atoms with van der Waals surface area (Å²) in [5.74, 6) is 1.58. The zero-order chi connectivity index (χ0) is 14.7. The van der Waals surface area contributed by atoms with E-state index in [2.05, 4.69) is 15.2 Å². The Hall–Kier alpha value is -2.34. The second-order valence-electron chi connectivity index (χ2n) is 4.22. The Morgan fingerprint density at radius 2 is 2.00 bits per heavy atom. The van der Waals surface area contributed by atoms with Crippen molar-refractivity contribution in [1.29, 1.82) is 0 Å². The molecule has 0 N–H and O–H groups in total. The average Bonchev–Trinajstić information content (AvgIpc) is 3.04. The van der Waals surface area contributed by atoms with Gasteiger partial charge in [0.2, 0.25) is 5.89 Å². The smallest absolute Gasteiger partial charge is 0.251 e. The van der Waals surface area contributed by atoms with Crippen molar-refractivity contribution in [2.24, 2.45) is 0 Å². The van der Waals surface area contributed by atoms with Gasteiger partial charge in [0.1, 0.15) is 5.75 Å². The predicted octanol–water partition coefficient (Wildman–Crippen LogP) is 3.53. The molecule has 0 radical (unpaired) electrons. The Kier molecular flexibility index (Phi) is 3.87. The van der Waals surface area contributed by atoms with Crippen LogP contribution in [0, 0.1) is 0 Å². The van der Waals surface area contributed by atoms with E-state index >= 15 is 0 Å². The van der Waals surface area contributed by atoms with Crippen LogP contribution in [0.15, 0.2) is 52.0 Å². The van der Waals surface area contributed by atoms with Crippen LogP contribution in [0.2, 0.25) is 0 Å². The van der Waals surface area contributed by atoms with E-state index in [1.54, 1.807) is 31.3 Å². The van der Waals surface area contributed by atoms with Crippen LogP contribution >= 0.6 is 11.8 Å². The number of pyridine rings is 1. The average molecular weight is 299 g/mol. The number of thioether (sulfide) groups is 1. The van der Waals surface area contributed by atoms with Crippen LogP contribution in [0.3, 0.4) is 0 Å². The van der Waals surface area contributed by atoms with Gasteiger partial charge in [-0.05, 0) is 36.6 Å². The first-order valence-corrected chi connectivity index (χ1v) is 7.50. The van der Waals surface area contributed by atoms with E-state index in [-0.39, 0.29) is 0 Å². The van der Waals surface area contributed by atoms with Crippen molar-refractivity contribution >= 4 is 11.8 Å². The monoisotopic (exact) mass is 299 g/mol. The van der Waals surface area contributed by atoms with Gasteiger partial charge in [-0.1, -0.05) is 0 Å². The number of hydrogen-bond acceptors (Lipinski definition) is 6. The standard InChI is InChI=1S/C15H13N3O2S/c1-19-13-8-11(21-2)5-6-12(13)15-18-17-14(20-15)10-4-3-7-16-9-10/h3-9H,1-2H3. The number of rotatable bonds is 4. The molecule has 0 aliphatic rings. The number of methoxy groups -OCH3 is 1. The molecule has 0 bridgehead atoms. The molecule has 2 heterocycles. The SMILES string of the molecule is COc1cc(SC)ccc1-c1nnc(-c2cccnc2)o1. The molecule has 6 heteroatoms. The molecule has 0 aliphatic heterocycles. The van der Waals surface area contributed by atoms with E-state index in [1.165, 1.54) is 0 Å². The molecule has 3 aromatic rings. The first kappa shape index (κ1) is 13.6. The lowest BCUT2D eigenvalue weighted by Gasteiger charge is -2.06. The molecule has 3 rings (SSSR count). The number of hydrogen-bond donors (Lipinski definition) is 0. The van der Waals surface area contributed by atoms with Crippen LogP contribution in [0.25, 0.3) is 22.9 Å². The van der Waals surface area contributed by atoms with E-state index in [0.717, 1.165) is 16.0 Å². The number of ether oxygens (including phenoxy) is 1. The van der Waals surface area contributed by atoms with Crippen molar-refractivity contribution in [1.82, 2.24) is 15.2 Å². The Morgan fingerprint density at radius 1 is 1.14 bits per heavy atom.